The Bertz CT molecular complexity index is 3510. The van der Waals surface area contributed by atoms with E-state index in [1.807, 2.05) is 0 Å². The highest BCUT2D eigenvalue weighted by molar-refractivity contribution is 6.22. The van der Waals surface area contributed by atoms with Gasteiger partial charge in [0.2, 0.25) is 0 Å². The van der Waals surface area contributed by atoms with Crippen molar-refractivity contribution in [2.45, 2.75) is 51.4 Å². The molecule has 1 heterocycles. The first-order chi connectivity index (χ1) is 32.2. The molecule has 0 atom stereocenters. The van der Waals surface area contributed by atoms with Crippen LogP contribution in [0.2, 0.25) is 0 Å². The van der Waals surface area contributed by atoms with Gasteiger partial charge < -0.3 is 4.57 Å². The quantitative estimate of drug-likeness (QED) is 0.147. The molecule has 0 bridgehead atoms. The van der Waals surface area contributed by atoms with E-state index in [4.69, 9.17) is 0 Å². The number of nitrogens with zero attached hydrogens (tertiary/aromatic N) is 1. The van der Waals surface area contributed by atoms with Gasteiger partial charge in [0.25, 0.3) is 0 Å². The van der Waals surface area contributed by atoms with E-state index in [0.717, 1.165) is 12.8 Å². The lowest BCUT2D eigenvalue weighted by Crippen LogP contribution is -2.04. The molecule has 0 N–H and O–H groups in total. The van der Waals surface area contributed by atoms with Crippen LogP contribution in [0, 0.1) is 0 Å². The molecule has 0 saturated heterocycles. The summed E-state index contributed by atoms with van der Waals surface area (Å²) in [5.41, 5.74) is 22.7. The van der Waals surface area contributed by atoms with E-state index in [0.29, 0.717) is 0 Å². The maximum Gasteiger partial charge on any atom is 0.0541 e. The zero-order valence-corrected chi connectivity index (χ0v) is 36.7. The summed E-state index contributed by atoms with van der Waals surface area (Å²) in [4.78, 5) is 0. The van der Waals surface area contributed by atoms with Crippen molar-refractivity contribution in [1.82, 2.24) is 4.57 Å². The van der Waals surface area contributed by atoms with Gasteiger partial charge in [-0.25, -0.2) is 0 Å². The third-order valence-corrected chi connectivity index (χ3v) is 14.8. The number of aryl methyl sites for hydroxylation is 2. The summed E-state index contributed by atoms with van der Waals surface area (Å²) in [5, 5.41) is 7.71. The molecule has 0 fully saturated rings. The van der Waals surface area contributed by atoms with E-state index < -0.39 is 0 Å². The molecule has 10 aromatic carbocycles. The van der Waals surface area contributed by atoms with Gasteiger partial charge in [-0.05, 0) is 193 Å². The van der Waals surface area contributed by atoms with Crippen LogP contribution in [0.5, 0.6) is 0 Å². The van der Waals surface area contributed by atoms with Gasteiger partial charge in [0.1, 0.15) is 0 Å². The molecule has 1 aromatic heterocycles. The summed E-state index contributed by atoms with van der Waals surface area (Å²) in [6, 6.07) is 75.6. The number of rotatable bonds is 6. The Hall–Kier alpha value is -7.48. The zero-order chi connectivity index (χ0) is 42.8. The molecular formula is C64H49N. The molecule has 310 valence electrons. The molecule has 0 amide bonds. The summed E-state index contributed by atoms with van der Waals surface area (Å²) in [5.74, 6) is 0. The summed E-state index contributed by atoms with van der Waals surface area (Å²) in [6.45, 7) is 0. The van der Waals surface area contributed by atoms with Crippen LogP contribution in [-0.4, -0.2) is 4.57 Å². The lowest BCUT2D eigenvalue weighted by Gasteiger charge is -2.19. The number of aromatic nitrogens is 1. The van der Waals surface area contributed by atoms with Crippen LogP contribution in [0.15, 0.2) is 200 Å². The first-order valence-corrected chi connectivity index (χ1v) is 23.8. The van der Waals surface area contributed by atoms with Crippen molar-refractivity contribution in [3.8, 4) is 61.3 Å². The van der Waals surface area contributed by atoms with Gasteiger partial charge in [-0.2, -0.15) is 0 Å². The van der Waals surface area contributed by atoms with Crippen LogP contribution in [0.3, 0.4) is 0 Å². The van der Waals surface area contributed by atoms with Crippen LogP contribution in [-0.2, 0) is 25.7 Å². The molecule has 1 heteroatoms. The smallest absolute Gasteiger partial charge is 0.0541 e. The largest absolute Gasteiger partial charge is 0.309 e. The summed E-state index contributed by atoms with van der Waals surface area (Å²) in [6.07, 6.45) is 9.81. The monoisotopic (exact) mass is 831 g/mol. The van der Waals surface area contributed by atoms with E-state index >= 15 is 0 Å². The number of hydrogen-bond donors (Lipinski definition) is 0. The Morgan fingerprint density at radius 3 is 1.28 bits per heavy atom. The van der Waals surface area contributed by atoms with Crippen molar-refractivity contribution >= 4 is 43.4 Å². The van der Waals surface area contributed by atoms with E-state index in [1.165, 1.54) is 154 Å². The average Bonchev–Trinajstić information content (AvgIpc) is 3.71. The Morgan fingerprint density at radius 2 is 0.723 bits per heavy atom. The second-order valence-corrected chi connectivity index (χ2v) is 18.4. The fraction of sp³-hybridized carbons (Fsp3) is 0.125. The third-order valence-electron chi connectivity index (χ3n) is 14.8. The number of fused-ring (bicyclic) bond motifs is 7. The van der Waals surface area contributed by atoms with E-state index in [2.05, 4.69) is 205 Å². The summed E-state index contributed by atoms with van der Waals surface area (Å²) < 4.78 is 2.50. The molecule has 0 spiro atoms. The molecule has 0 aliphatic heterocycles. The van der Waals surface area contributed by atoms with Gasteiger partial charge in [-0.15, -0.1) is 0 Å². The molecule has 1 nitrogen and oxygen atoms in total. The Morgan fingerprint density at radius 1 is 0.277 bits per heavy atom. The van der Waals surface area contributed by atoms with E-state index in [-0.39, 0.29) is 0 Å². The molecule has 2 aliphatic carbocycles. The Kier molecular flexibility index (Phi) is 9.15. The summed E-state index contributed by atoms with van der Waals surface area (Å²) >= 11 is 0. The highest BCUT2D eigenvalue weighted by atomic mass is 15.0. The predicted octanol–water partition coefficient (Wildman–Crippen LogP) is 17.2. The van der Waals surface area contributed by atoms with Crippen LogP contribution >= 0.6 is 0 Å². The van der Waals surface area contributed by atoms with Crippen LogP contribution in [0.4, 0.5) is 0 Å². The standard InChI is InChI=1S/C64H49N/c1-3-17-45(18-4-1)63-55-25-11-12-26-56(55)64(46-19-5-2-6-20-46)60-39-47(31-36-57(60)63)42-29-34-50(35-30-42)65-61-37-32-48(53-27-13-21-43-15-7-9-23-51(43)53)40-58(61)59-41-49(33-38-62(59)65)54-28-14-22-44-16-8-10-24-52(44)54/h1-6,11-14,17-22,25-41H,7-10,15-16,23-24H2. The van der Waals surface area contributed by atoms with Crippen molar-refractivity contribution in [3.05, 3.63) is 222 Å². The normalized spacial score (nSPS) is 13.7. The van der Waals surface area contributed by atoms with Gasteiger partial charge in [-0.1, -0.05) is 158 Å². The zero-order valence-electron chi connectivity index (χ0n) is 36.7. The van der Waals surface area contributed by atoms with Crippen LogP contribution in [0.25, 0.3) is 105 Å². The molecule has 0 unspecified atom stereocenters. The first kappa shape index (κ1) is 38.0. The SMILES string of the molecule is c1ccc(-c2c3ccccc3c(-c3ccccc3)c3cc(-c4ccc(-n5c6ccc(-c7cccc8c7CCCC8)cc6c6cc(-c7cccc8c7CCCC8)ccc65)cc4)ccc23)cc1. The maximum absolute atomic E-state index is 2.50. The molecule has 0 saturated carbocycles. The predicted molar refractivity (Wildman–Crippen MR) is 276 cm³/mol. The van der Waals surface area contributed by atoms with Crippen molar-refractivity contribution < 1.29 is 0 Å². The van der Waals surface area contributed by atoms with Crippen molar-refractivity contribution in [2.24, 2.45) is 0 Å². The third kappa shape index (κ3) is 6.36. The minimum atomic E-state index is 1.16. The number of benzene rings is 10. The maximum atomic E-state index is 2.50. The summed E-state index contributed by atoms with van der Waals surface area (Å²) in [7, 11) is 0. The minimum absolute atomic E-state index is 1.16. The van der Waals surface area contributed by atoms with Gasteiger partial charge >= 0.3 is 0 Å². The fourth-order valence-electron chi connectivity index (χ4n) is 11.7. The fourth-order valence-corrected chi connectivity index (χ4v) is 11.7. The van der Waals surface area contributed by atoms with Crippen molar-refractivity contribution in [1.29, 1.82) is 0 Å². The molecular weight excluding hydrogens is 783 g/mol. The first-order valence-electron chi connectivity index (χ1n) is 23.8. The van der Waals surface area contributed by atoms with Gasteiger partial charge in [0, 0.05) is 16.5 Å². The lowest BCUT2D eigenvalue weighted by atomic mass is 9.85. The minimum Gasteiger partial charge on any atom is -0.309 e. The molecule has 13 rings (SSSR count). The van der Waals surface area contributed by atoms with Gasteiger partial charge in [0.15, 0.2) is 0 Å². The Balaban J connectivity index is 0.975. The highest BCUT2D eigenvalue weighted by Crippen LogP contribution is 2.46. The molecule has 65 heavy (non-hydrogen) atoms. The van der Waals surface area contributed by atoms with E-state index in [9.17, 15) is 0 Å². The second-order valence-electron chi connectivity index (χ2n) is 18.4. The van der Waals surface area contributed by atoms with Gasteiger partial charge in [0.05, 0.1) is 11.0 Å². The molecule has 2 aliphatic rings. The lowest BCUT2D eigenvalue weighted by molar-refractivity contribution is 0.687. The average molecular weight is 832 g/mol. The highest BCUT2D eigenvalue weighted by Gasteiger charge is 2.21. The molecule has 0 radical (unpaired) electrons. The van der Waals surface area contributed by atoms with Crippen molar-refractivity contribution in [3.63, 3.8) is 0 Å². The van der Waals surface area contributed by atoms with Crippen LogP contribution in [0.1, 0.15) is 47.9 Å². The van der Waals surface area contributed by atoms with Crippen molar-refractivity contribution in [2.75, 3.05) is 0 Å². The molecule has 11 aromatic rings. The topological polar surface area (TPSA) is 4.93 Å². The van der Waals surface area contributed by atoms with Crippen LogP contribution < -0.4 is 0 Å². The number of hydrogen-bond acceptors (Lipinski definition) is 0. The Labute approximate surface area is 381 Å². The second kappa shape index (κ2) is 15.6. The van der Waals surface area contributed by atoms with Gasteiger partial charge in [-0.3, -0.25) is 0 Å². The van der Waals surface area contributed by atoms with E-state index in [1.54, 1.807) is 11.1 Å².